The number of thiophene rings is 1. The van der Waals surface area contributed by atoms with Crippen molar-refractivity contribution in [3.05, 3.63) is 29.2 Å². The van der Waals surface area contributed by atoms with Crippen molar-refractivity contribution in [3.63, 3.8) is 0 Å². The number of sulfonamides is 1. The highest BCUT2D eigenvalue weighted by Gasteiger charge is 2.48. The standard InChI is InChI=1S/C19H26N2O2S2/c22-25(23,18-7-4-10-24-18)21-9-3-5-14-11-15-12-16(19(14)21)13-20-8-2-1-6-17(15)20/h4,7,10-11,15-17,19H,1-3,5-6,8-9,12-13H2/t15-,16+,17+,19+/m0/s1. The molecule has 0 radical (unpaired) electrons. The van der Waals surface area contributed by atoms with Crippen LogP contribution in [0.5, 0.6) is 0 Å². The largest absolute Gasteiger partial charge is 0.299 e. The first-order chi connectivity index (χ1) is 12.1. The summed E-state index contributed by atoms with van der Waals surface area (Å²) < 4.78 is 28.8. The Morgan fingerprint density at radius 2 is 2.08 bits per heavy atom. The summed E-state index contributed by atoms with van der Waals surface area (Å²) in [7, 11) is -3.36. The summed E-state index contributed by atoms with van der Waals surface area (Å²) in [6.07, 6.45) is 9.68. The number of hydrogen-bond donors (Lipinski definition) is 0. The molecule has 0 spiro atoms. The van der Waals surface area contributed by atoms with Crippen molar-refractivity contribution in [1.82, 2.24) is 9.21 Å². The fraction of sp³-hybridized carbons (Fsp3) is 0.684. The molecule has 0 amide bonds. The SMILES string of the molecule is O=S(=O)(c1cccs1)N1CCCC2=C[C@H]3C[C@H](CN4CCCC[C@H]34)[C@@H]21. The van der Waals surface area contributed by atoms with Gasteiger partial charge in [-0.3, -0.25) is 4.90 Å². The fourth-order valence-corrected chi connectivity index (χ4v) is 8.57. The van der Waals surface area contributed by atoms with Gasteiger partial charge in [0.2, 0.25) is 0 Å². The van der Waals surface area contributed by atoms with Crippen LogP contribution >= 0.6 is 11.3 Å². The maximum Gasteiger partial charge on any atom is 0.253 e. The number of piperidine rings is 3. The molecule has 0 unspecified atom stereocenters. The molecule has 1 aromatic heterocycles. The molecule has 2 bridgehead atoms. The molecule has 3 saturated heterocycles. The van der Waals surface area contributed by atoms with E-state index >= 15 is 0 Å². The summed E-state index contributed by atoms with van der Waals surface area (Å²) in [5, 5.41) is 1.86. The van der Waals surface area contributed by atoms with E-state index in [9.17, 15) is 8.42 Å². The van der Waals surface area contributed by atoms with Crippen LogP contribution < -0.4 is 0 Å². The molecule has 25 heavy (non-hydrogen) atoms. The highest BCUT2D eigenvalue weighted by atomic mass is 32.2. The molecule has 4 aliphatic rings. The maximum absolute atomic E-state index is 13.2. The van der Waals surface area contributed by atoms with Crippen LogP contribution in [0.2, 0.25) is 0 Å². The Morgan fingerprint density at radius 1 is 1.16 bits per heavy atom. The van der Waals surface area contributed by atoms with Crippen LogP contribution in [0.4, 0.5) is 0 Å². The van der Waals surface area contributed by atoms with Gasteiger partial charge in [0, 0.05) is 19.1 Å². The molecule has 0 N–H and O–H groups in total. The quantitative estimate of drug-likeness (QED) is 0.741. The van der Waals surface area contributed by atoms with Gasteiger partial charge in [0.15, 0.2) is 0 Å². The molecule has 1 aromatic rings. The second-order valence-corrected chi connectivity index (χ2v) is 11.1. The van der Waals surface area contributed by atoms with E-state index in [1.165, 1.54) is 49.1 Å². The summed E-state index contributed by atoms with van der Waals surface area (Å²) in [6, 6.07) is 4.40. The van der Waals surface area contributed by atoms with E-state index in [2.05, 4.69) is 11.0 Å². The first kappa shape index (κ1) is 16.5. The molecular formula is C19H26N2O2S2. The third-order valence-corrected chi connectivity index (χ3v) is 9.92. The van der Waals surface area contributed by atoms with Crippen LogP contribution in [0.1, 0.15) is 38.5 Å². The van der Waals surface area contributed by atoms with Gasteiger partial charge in [-0.25, -0.2) is 8.42 Å². The van der Waals surface area contributed by atoms with Crippen molar-refractivity contribution in [2.75, 3.05) is 19.6 Å². The maximum atomic E-state index is 13.2. The lowest BCUT2D eigenvalue weighted by Gasteiger charge is -2.54. The smallest absolute Gasteiger partial charge is 0.253 e. The van der Waals surface area contributed by atoms with E-state index in [-0.39, 0.29) is 6.04 Å². The second kappa shape index (κ2) is 6.19. The van der Waals surface area contributed by atoms with E-state index in [1.54, 1.807) is 6.07 Å². The van der Waals surface area contributed by atoms with Crippen molar-refractivity contribution in [1.29, 1.82) is 0 Å². The molecule has 4 atom stereocenters. The van der Waals surface area contributed by atoms with E-state index < -0.39 is 10.0 Å². The zero-order chi connectivity index (χ0) is 17.0. The van der Waals surface area contributed by atoms with Crippen molar-refractivity contribution in [2.45, 2.75) is 54.8 Å². The molecule has 3 fully saturated rings. The Labute approximate surface area is 154 Å². The molecule has 4 nitrogen and oxygen atoms in total. The Bertz CT molecular complexity index is 771. The summed E-state index contributed by atoms with van der Waals surface area (Å²) in [4.78, 5) is 2.67. The molecule has 5 rings (SSSR count). The molecule has 3 aliphatic heterocycles. The van der Waals surface area contributed by atoms with Gasteiger partial charge in [0.25, 0.3) is 10.0 Å². The minimum absolute atomic E-state index is 0.0972. The monoisotopic (exact) mass is 378 g/mol. The Balaban J connectivity index is 1.52. The number of fused-ring (bicyclic) bond motifs is 6. The van der Waals surface area contributed by atoms with Gasteiger partial charge < -0.3 is 0 Å². The van der Waals surface area contributed by atoms with Crippen LogP contribution in [0.25, 0.3) is 0 Å². The summed E-state index contributed by atoms with van der Waals surface area (Å²) in [6.45, 7) is 2.96. The van der Waals surface area contributed by atoms with Crippen LogP contribution in [-0.2, 0) is 10.0 Å². The van der Waals surface area contributed by atoms with E-state index in [0.717, 1.165) is 19.4 Å². The first-order valence-electron chi connectivity index (χ1n) is 9.64. The lowest BCUT2D eigenvalue weighted by Crippen LogP contribution is -2.59. The van der Waals surface area contributed by atoms with Crippen LogP contribution in [0, 0.1) is 11.8 Å². The summed E-state index contributed by atoms with van der Waals surface area (Å²) >= 11 is 1.34. The molecule has 136 valence electrons. The number of rotatable bonds is 2. The fourth-order valence-electron chi connectivity index (χ4n) is 5.72. The predicted molar refractivity (Wildman–Crippen MR) is 100 cm³/mol. The van der Waals surface area contributed by atoms with Gasteiger partial charge in [-0.1, -0.05) is 24.1 Å². The normalized spacial score (nSPS) is 36.4. The molecule has 6 heteroatoms. The second-order valence-electron chi connectivity index (χ2n) is 8.06. The zero-order valence-electron chi connectivity index (χ0n) is 14.5. The van der Waals surface area contributed by atoms with Gasteiger partial charge in [0.1, 0.15) is 4.21 Å². The van der Waals surface area contributed by atoms with Crippen molar-refractivity contribution in [2.24, 2.45) is 11.8 Å². The summed E-state index contributed by atoms with van der Waals surface area (Å²) in [5.41, 5.74) is 1.41. The third kappa shape index (κ3) is 2.64. The minimum Gasteiger partial charge on any atom is -0.299 e. The Morgan fingerprint density at radius 3 is 2.92 bits per heavy atom. The first-order valence-corrected chi connectivity index (χ1v) is 12.0. The molecule has 0 aromatic carbocycles. The lowest BCUT2D eigenvalue weighted by atomic mass is 9.68. The van der Waals surface area contributed by atoms with Crippen LogP contribution in [0.3, 0.4) is 0 Å². The number of nitrogens with zero attached hydrogens (tertiary/aromatic N) is 2. The van der Waals surface area contributed by atoms with Gasteiger partial charge in [-0.15, -0.1) is 11.3 Å². The topological polar surface area (TPSA) is 40.6 Å². The predicted octanol–water partition coefficient (Wildman–Crippen LogP) is 3.33. The van der Waals surface area contributed by atoms with Gasteiger partial charge >= 0.3 is 0 Å². The average Bonchev–Trinajstić information content (AvgIpc) is 3.17. The lowest BCUT2D eigenvalue weighted by molar-refractivity contribution is 0.0149. The average molecular weight is 379 g/mol. The van der Waals surface area contributed by atoms with Crippen LogP contribution in [-0.4, -0.2) is 49.3 Å². The molecule has 4 heterocycles. The van der Waals surface area contributed by atoms with Gasteiger partial charge in [-0.05, 0) is 61.9 Å². The molecule has 1 aliphatic carbocycles. The zero-order valence-corrected chi connectivity index (χ0v) is 16.1. The van der Waals surface area contributed by atoms with E-state index in [4.69, 9.17) is 0 Å². The van der Waals surface area contributed by atoms with Crippen molar-refractivity contribution < 1.29 is 8.42 Å². The summed E-state index contributed by atoms with van der Waals surface area (Å²) in [5.74, 6) is 1.11. The Hall–Kier alpha value is -0.690. The highest BCUT2D eigenvalue weighted by molar-refractivity contribution is 7.91. The van der Waals surface area contributed by atoms with Crippen molar-refractivity contribution in [3.8, 4) is 0 Å². The van der Waals surface area contributed by atoms with E-state index in [0.29, 0.717) is 28.6 Å². The highest BCUT2D eigenvalue weighted by Crippen LogP contribution is 2.46. The third-order valence-electron chi connectivity index (χ3n) is 6.67. The van der Waals surface area contributed by atoms with Gasteiger partial charge in [-0.2, -0.15) is 4.31 Å². The molecule has 0 saturated carbocycles. The Kier molecular flexibility index (Phi) is 4.08. The van der Waals surface area contributed by atoms with Gasteiger partial charge in [0.05, 0.1) is 6.04 Å². The molecular weight excluding hydrogens is 352 g/mol. The number of hydrogen-bond acceptors (Lipinski definition) is 4. The van der Waals surface area contributed by atoms with Crippen molar-refractivity contribution >= 4 is 21.4 Å². The van der Waals surface area contributed by atoms with Crippen LogP contribution in [0.15, 0.2) is 33.4 Å². The minimum atomic E-state index is -3.36. The van der Waals surface area contributed by atoms with E-state index in [1.807, 2.05) is 15.8 Å².